The largest absolute Gasteiger partial charge is 0.396 e. The van der Waals surface area contributed by atoms with Gasteiger partial charge in [-0.15, -0.1) is 0 Å². The van der Waals surface area contributed by atoms with E-state index in [1.807, 2.05) is 0 Å². The summed E-state index contributed by atoms with van der Waals surface area (Å²) in [5.74, 6) is -0.172. The minimum atomic E-state index is -1.33. The van der Waals surface area contributed by atoms with Gasteiger partial charge in [0.1, 0.15) is 17.8 Å². The fraction of sp³-hybridized carbons (Fsp3) is 1.00. The molecule has 5 nitrogen and oxygen atoms in total. The van der Waals surface area contributed by atoms with Crippen molar-refractivity contribution in [3.63, 3.8) is 0 Å². The van der Waals surface area contributed by atoms with Crippen LogP contribution in [0.2, 0.25) is 0 Å². The van der Waals surface area contributed by atoms with Crippen molar-refractivity contribution in [1.29, 1.82) is 0 Å². The third-order valence-corrected chi connectivity index (χ3v) is 3.25. The van der Waals surface area contributed by atoms with Crippen molar-refractivity contribution in [3.8, 4) is 0 Å². The summed E-state index contributed by atoms with van der Waals surface area (Å²) in [6, 6.07) is 0. The van der Waals surface area contributed by atoms with Crippen LogP contribution in [0.15, 0.2) is 0 Å². The van der Waals surface area contributed by atoms with Crippen molar-refractivity contribution in [1.82, 2.24) is 0 Å². The first kappa shape index (κ1) is 9.36. The average molecular weight is 190 g/mol. The summed E-state index contributed by atoms with van der Waals surface area (Å²) in [6.45, 7) is -0.0868. The van der Waals surface area contributed by atoms with Crippen LogP contribution in [-0.4, -0.2) is 51.1 Å². The van der Waals surface area contributed by atoms with E-state index in [4.69, 9.17) is 14.9 Å². The molecule has 2 aliphatic rings. The number of hydrogen-bond acceptors (Lipinski definition) is 5. The molecule has 3 unspecified atom stereocenters. The van der Waals surface area contributed by atoms with Gasteiger partial charge in [-0.25, -0.2) is 0 Å². The molecule has 1 aliphatic heterocycles. The minimum absolute atomic E-state index is 0.0868. The van der Waals surface area contributed by atoms with Gasteiger partial charge in [0.15, 0.2) is 6.29 Å². The normalized spacial score (nSPS) is 55.4. The van der Waals surface area contributed by atoms with Crippen molar-refractivity contribution in [2.24, 2.45) is 5.92 Å². The van der Waals surface area contributed by atoms with E-state index in [2.05, 4.69) is 0 Å². The van der Waals surface area contributed by atoms with Crippen LogP contribution in [-0.2, 0) is 4.74 Å². The quantitative estimate of drug-likeness (QED) is 0.391. The zero-order chi connectivity index (χ0) is 9.64. The lowest BCUT2D eigenvalue weighted by molar-refractivity contribution is -0.221. The molecule has 76 valence electrons. The Balaban J connectivity index is 2.16. The highest BCUT2D eigenvalue weighted by Gasteiger charge is 2.61. The Morgan fingerprint density at radius 2 is 2.00 bits per heavy atom. The molecule has 0 aromatic rings. The number of aliphatic hydroxyl groups is 4. The Morgan fingerprint density at radius 1 is 1.31 bits per heavy atom. The predicted octanol–water partition coefficient (Wildman–Crippen LogP) is -1.80. The molecular weight excluding hydrogens is 176 g/mol. The van der Waals surface area contributed by atoms with Crippen LogP contribution >= 0.6 is 0 Å². The van der Waals surface area contributed by atoms with Gasteiger partial charge in [-0.05, 0) is 12.8 Å². The Hall–Kier alpha value is -0.200. The van der Waals surface area contributed by atoms with Gasteiger partial charge in [-0.1, -0.05) is 0 Å². The lowest BCUT2D eigenvalue weighted by atomic mass is 9.66. The Bertz CT molecular complexity index is 207. The molecule has 2 fully saturated rings. The lowest BCUT2D eigenvalue weighted by Crippen LogP contribution is -2.57. The summed E-state index contributed by atoms with van der Waals surface area (Å²) in [4.78, 5) is 0. The molecule has 1 heterocycles. The smallest absolute Gasteiger partial charge is 0.184 e. The maximum absolute atomic E-state index is 9.59. The summed E-state index contributed by atoms with van der Waals surface area (Å²) >= 11 is 0. The molecule has 2 rings (SSSR count). The second-order valence-corrected chi connectivity index (χ2v) is 3.82. The summed E-state index contributed by atoms with van der Waals surface area (Å²) in [5, 5.41) is 37.0. The molecule has 4 N–H and O–H groups in total. The van der Waals surface area contributed by atoms with E-state index >= 15 is 0 Å². The second kappa shape index (κ2) is 2.90. The van der Waals surface area contributed by atoms with E-state index in [1.165, 1.54) is 0 Å². The zero-order valence-electron chi connectivity index (χ0n) is 7.13. The van der Waals surface area contributed by atoms with Gasteiger partial charge in [0, 0.05) is 12.5 Å². The van der Waals surface area contributed by atoms with Crippen molar-refractivity contribution in [3.05, 3.63) is 0 Å². The first-order valence-corrected chi connectivity index (χ1v) is 4.44. The summed E-state index contributed by atoms with van der Waals surface area (Å²) < 4.78 is 5.11. The van der Waals surface area contributed by atoms with Gasteiger partial charge in [-0.2, -0.15) is 0 Å². The summed E-state index contributed by atoms with van der Waals surface area (Å²) in [7, 11) is 0. The third kappa shape index (κ3) is 1.05. The maximum Gasteiger partial charge on any atom is 0.184 e. The van der Waals surface area contributed by atoms with Crippen LogP contribution in [0.1, 0.15) is 12.8 Å². The molecule has 1 spiro atoms. The van der Waals surface area contributed by atoms with Gasteiger partial charge in [0.2, 0.25) is 0 Å². The van der Waals surface area contributed by atoms with Crippen molar-refractivity contribution < 1.29 is 25.2 Å². The number of ether oxygens (including phenoxy) is 1. The van der Waals surface area contributed by atoms with Crippen molar-refractivity contribution >= 4 is 0 Å². The molecule has 13 heavy (non-hydrogen) atoms. The molecule has 0 radical (unpaired) electrons. The van der Waals surface area contributed by atoms with E-state index in [9.17, 15) is 10.2 Å². The third-order valence-electron chi connectivity index (χ3n) is 3.25. The summed E-state index contributed by atoms with van der Waals surface area (Å²) in [5.41, 5.74) is -0.909. The molecule has 1 saturated heterocycles. The first-order valence-electron chi connectivity index (χ1n) is 4.44. The fourth-order valence-corrected chi connectivity index (χ4v) is 2.23. The summed E-state index contributed by atoms with van der Waals surface area (Å²) in [6.07, 6.45) is -2.34. The SMILES string of the molecule is OC[C@H]1CC[C@@]12OC(O)C(O)C2O. The molecular formula is C8H14O5. The van der Waals surface area contributed by atoms with Crippen LogP contribution in [0.3, 0.4) is 0 Å². The first-order chi connectivity index (χ1) is 6.12. The topological polar surface area (TPSA) is 90.2 Å². The molecule has 0 aromatic heterocycles. The van der Waals surface area contributed by atoms with E-state index in [-0.39, 0.29) is 12.5 Å². The average Bonchev–Trinajstić information content (AvgIpc) is 2.31. The van der Waals surface area contributed by atoms with Crippen LogP contribution in [0.25, 0.3) is 0 Å². The van der Waals surface area contributed by atoms with Gasteiger partial charge in [0.25, 0.3) is 0 Å². The monoisotopic (exact) mass is 190 g/mol. The molecule has 0 bridgehead atoms. The van der Waals surface area contributed by atoms with Gasteiger partial charge < -0.3 is 25.2 Å². The van der Waals surface area contributed by atoms with E-state index in [0.29, 0.717) is 6.42 Å². The highest BCUT2D eigenvalue weighted by atomic mass is 16.7. The maximum atomic E-state index is 9.59. The van der Waals surface area contributed by atoms with E-state index in [1.54, 1.807) is 0 Å². The van der Waals surface area contributed by atoms with Crippen LogP contribution in [0.5, 0.6) is 0 Å². The lowest BCUT2D eigenvalue weighted by Gasteiger charge is -2.47. The molecule has 0 aromatic carbocycles. The van der Waals surface area contributed by atoms with Gasteiger partial charge in [-0.3, -0.25) is 0 Å². The molecule has 0 amide bonds. The number of aliphatic hydroxyl groups excluding tert-OH is 4. The number of hydrogen-bond donors (Lipinski definition) is 4. The van der Waals surface area contributed by atoms with Crippen LogP contribution in [0.4, 0.5) is 0 Å². The molecule has 1 saturated carbocycles. The predicted molar refractivity (Wildman–Crippen MR) is 41.6 cm³/mol. The minimum Gasteiger partial charge on any atom is -0.396 e. The second-order valence-electron chi connectivity index (χ2n) is 3.82. The highest BCUT2D eigenvalue weighted by molar-refractivity contribution is 5.09. The van der Waals surface area contributed by atoms with Gasteiger partial charge in [0.05, 0.1) is 0 Å². The molecule has 5 heteroatoms. The number of rotatable bonds is 1. The van der Waals surface area contributed by atoms with E-state index < -0.39 is 24.1 Å². The van der Waals surface area contributed by atoms with Gasteiger partial charge >= 0.3 is 0 Å². The molecule has 1 aliphatic carbocycles. The van der Waals surface area contributed by atoms with Crippen LogP contribution < -0.4 is 0 Å². The van der Waals surface area contributed by atoms with Crippen molar-refractivity contribution in [2.45, 2.75) is 36.9 Å². The van der Waals surface area contributed by atoms with Crippen molar-refractivity contribution in [2.75, 3.05) is 6.61 Å². The standard InChI is InChI=1S/C8H14O5/c9-3-4-1-2-8(4)6(11)5(10)7(12)13-8/h4-7,9-12H,1-3H2/t4-,5?,6?,7?,8-/m1/s1. The van der Waals surface area contributed by atoms with Crippen LogP contribution in [0, 0.1) is 5.92 Å². The Labute approximate surface area is 75.6 Å². The Morgan fingerprint density at radius 3 is 2.31 bits per heavy atom. The fourth-order valence-electron chi connectivity index (χ4n) is 2.23. The molecule has 5 atom stereocenters. The highest BCUT2D eigenvalue weighted by Crippen LogP contribution is 2.49. The zero-order valence-corrected chi connectivity index (χ0v) is 7.13. The Kier molecular flexibility index (Phi) is 2.08. The van der Waals surface area contributed by atoms with E-state index in [0.717, 1.165) is 6.42 Å².